The summed E-state index contributed by atoms with van der Waals surface area (Å²) in [7, 11) is -2.47. The largest absolute Gasteiger partial charge is 0.587 e. The summed E-state index contributed by atoms with van der Waals surface area (Å²) >= 11 is 0. The average Bonchev–Trinajstić information content (AvgIpc) is 2.99. The molecule has 6 heteroatoms. The van der Waals surface area contributed by atoms with E-state index in [-0.39, 0.29) is 0 Å². The van der Waals surface area contributed by atoms with Crippen LogP contribution in [0.1, 0.15) is 43.7 Å². The van der Waals surface area contributed by atoms with Crippen LogP contribution in [0.4, 0.5) is 0 Å². The molecule has 4 aromatic carbocycles. The van der Waals surface area contributed by atoms with Crippen molar-refractivity contribution < 1.29 is 22.9 Å². The molecule has 0 bridgehead atoms. The van der Waals surface area contributed by atoms with E-state index in [2.05, 4.69) is 54.6 Å². The fraction of sp³-hybridized carbons (Fsp3) is 0.206. The molecule has 5 nitrogen and oxygen atoms in total. The molecular formula is C34H36O5P. The molecule has 4 aromatic rings. The quantitative estimate of drug-likeness (QED) is 0.108. The van der Waals surface area contributed by atoms with Crippen LogP contribution in [-0.2, 0) is 13.8 Å². The first-order chi connectivity index (χ1) is 19.6. The van der Waals surface area contributed by atoms with Gasteiger partial charge in [-0.2, -0.15) is 0 Å². The highest BCUT2D eigenvalue weighted by Crippen LogP contribution is 2.52. The Morgan fingerprint density at radius 1 is 0.700 bits per heavy atom. The molecule has 1 atom stereocenters. The van der Waals surface area contributed by atoms with Gasteiger partial charge in [0.2, 0.25) is 0 Å². The lowest BCUT2D eigenvalue weighted by Crippen LogP contribution is -2.23. The normalized spacial score (nSPS) is 12.1. The van der Waals surface area contributed by atoms with E-state index < -0.39 is 13.9 Å². The van der Waals surface area contributed by atoms with Crippen molar-refractivity contribution in [2.75, 3.05) is 7.11 Å². The number of hydrogen-bond donors (Lipinski definition) is 0. The molecule has 0 N–H and O–H groups in total. The van der Waals surface area contributed by atoms with Crippen LogP contribution in [0, 0.1) is 6.10 Å². The highest BCUT2D eigenvalue weighted by Gasteiger charge is 2.37. The first-order valence-electron chi connectivity index (χ1n) is 13.5. The maximum Gasteiger partial charge on any atom is 0.587 e. The minimum absolute atomic E-state index is 0.398. The third-order valence-electron chi connectivity index (χ3n) is 6.39. The first kappa shape index (κ1) is 29.4. The first-order valence-corrected chi connectivity index (χ1v) is 15.0. The van der Waals surface area contributed by atoms with Crippen molar-refractivity contribution in [2.45, 2.75) is 38.7 Å². The number of ether oxygens (including phenoxy) is 1. The molecule has 0 amide bonds. The zero-order valence-corrected chi connectivity index (χ0v) is 23.9. The standard InChI is InChI=1S/C34H36O5P/c1-28(36-2)34(39-40(35,37-31-22-12-5-13-23-31)38-32-24-14-6-15-25-32)27-17-7-16-26-33(29-18-8-3-9-19-29)30-20-10-4-11-21-30/h3-6,8-15,18-26,34H,7,16-17,27H2,1-2H3. The summed E-state index contributed by atoms with van der Waals surface area (Å²) in [6, 6.07) is 38.7. The van der Waals surface area contributed by atoms with Crippen LogP contribution in [-0.4, -0.2) is 13.2 Å². The summed E-state index contributed by atoms with van der Waals surface area (Å²) in [5.74, 6) is 0.796. The van der Waals surface area contributed by atoms with Crippen molar-refractivity contribution in [3.63, 3.8) is 0 Å². The van der Waals surface area contributed by atoms with Crippen molar-refractivity contribution in [3.05, 3.63) is 145 Å². The summed E-state index contributed by atoms with van der Waals surface area (Å²) in [6.45, 7) is 1.82. The fourth-order valence-corrected chi connectivity index (χ4v) is 5.71. The Bertz CT molecular complexity index is 1260. The van der Waals surface area contributed by atoms with Gasteiger partial charge in [0.1, 0.15) is 23.7 Å². The summed E-state index contributed by atoms with van der Waals surface area (Å²) < 4.78 is 37.2. The maximum atomic E-state index is 13.9. The minimum Gasteiger partial charge on any atom is -0.395 e. The molecule has 0 saturated heterocycles. The zero-order chi connectivity index (χ0) is 28.0. The Kier molecular flexibility index (Phi) is 11.2. The number of allylic oxidation sites excluding steroid dienone is 1. The number of phosphoric ester groups is 1. The van der Waals surface area contributed by atoms with Crippen molar-refractivity contribution in [3.8, 4) is 11.5 Å². The smallest absolute Gasteiger partial charge is 0.395 e. The van der Waals surface area contributed by atoms with Gasteiger partial charge in [-0.15, -0.1) is 0 Å². The van der Waals surface area contributed by atoms with Crippen LogP contribution in [0.2, 0.25) is 0 Å². The van der Waals surface area contributed by atoms with Gasteiger partial charge in [-0.3, -0.25) is 4.52 Å². The molecule has 0 heterocycles. The number of unbranched alkanes of at least 4 members (excludes halogenated alkanes) is 2. The molecule has 0 aliphatic rings. The Balaban J connectivity index is 1.44. The number of rotatable bonds is 15. The molecule has 0 aliphatic heterocycles. The van der Waals surface area contributed by atoms with Gasteiger partial charge in [-0.1, -0.05) is 110 Å². The van der Waals surface area contributed by atoms with E-state index in [1.54, 1.807) is 55.6 Å². The number of para-hydroxylation sites is 2. The number of hydrogen-bond acceptors (Lipinski definition) is 5. The predicted octanol–water partition coefficient (Wildman–Crippen LogP) is 9.53. The van der Waals surface area contributed by atoms with Crippen LogP contribution in [0.5, 0.6) is 11.5 Å². The molecular weight excluding hydrogens is 519 g/mol. The fourth-order valence-electron chi connectivity index (χ4n) is 4.26. The lowest BCUT2D eigenvalue weighted by molar-refractivity contribution is 0.0633. The van der Waals surface area contributed by atoms with Crippen LogP contribution in [0.3, 0.4) is 0 Å². The lowest BCUT2D eigenvalue weighted by Gasteiger charge is -2.27. The monoisotopic (exact) mass is 555 g/mol. The van der Waals surface area contributed by atoms with E-state index in [0.29, 0.717) is 24.0 Å². The van der Waals surface area contributed by atoms with Gasteiger partial charge in [-0.25, -0.2) is 4.57 Å². The lowest BCUT2D eigenvalue weighted by atomic mass is 9.96. The van der Waals surface area contributed by atoms with Crippen molar-refractivity contribution in [1.82, 2.24) is 0 Å². The SMILES string of the molecule is CO[C](C)C(CCCCC=C(c1ccccc1)c1ccccc1)OP(=O)(Oc1ccccc1)Oc1ccccc1. The Labute approximate surface area is 238 Å². The molecule has 0 aliphatic carbocycles. The highest BCUT2D eigenvalue weighted by atomic mass is 31.2. The van der Waals surface area contributed by atoms with Gasteiger partial charge in [0.15, 0.2) is 0 Å². The van der Waals surface area contributed by atoms with Gasteiger partial charge >= 0.3 is 7.82 Å². The van der Waals surface area contributed by atoms with E-state index in [0.717, 1.165) is 19.3 Å². The molecule has 1 unspecified atom stereocenters. The van der Waals surface area contributed by atoms with Gasteiger partial charge in [0.05, 0.1) is 0 Å². The maximum absolute atomic E-state index is 13.9. The van der Waals surface area contributed by atoms with Crippen molar-refractivity contribution >= 4 is 13.4 Å². The molecule has 207 valence electrons. The minimum atomic E-state index is -4.05. The summed E-state index contributed by atoms with van der Waals surface area (Å²) in [5.41, 5.74) is 3.59. The van der Waals surface area contributed by atoms with E-state index in [4.69, 9.17) is 18.3 Å². The van der Waals surface area contributed by atoms with Gasteiger partial charge in [-0.05, 0) is 67.2 Å². The van der Waals surface area contributed by atoms with Crippen LogP contribution in [0.25, 0.3) is 5.57 Å². The molecule has 4 rings (SSSR count). The Hall–Kier alpha value is -3.63. The van der Waals surface area contributed by atoms with Crippen LogP contribution >= 0.6 is 7.82 Å². The van der Waals surface area contributed by atoms with Crippen LogP contribution in [0.15, 0.2) is 127 Å². The van der Waals surface area contributed by atoms with Gasteiger partial charge in [0, 0.05) is 7.11 Å². The second-order valence-electron chi connectivity index (χ2n) is 9.30. The third kappa shape index (κ3) is 8.96. The number of benzene rings is 4. The molecule has 0 spiro atoms. The molecule has 0 saturated carbocycles. The predicted molar refractivity (Wildman–Crippen MR) is 161 cm³/mol. The van der Waals surface area contributed by atoms with E-state index in [1.807, 2.05) is 31.2 Å². The van der Waals surface area contributed by atoms with Gasteiger partial charge < -0.3 is 13.8 Å². The Morgan fingerprint density at radius 2 is 1.15 bits per heavy atom. The molecule has 1 radical (unpaired) electrons. The second kappa shape index (κ2) is 15.2. The van der Waals surface area contributed by atoms with Crippen molar-refractivity contribution in [1.29, 1.82) is 0 Å². The summed E-state index contributed by atoms with van der Waals surface area (Å²) in [5, 5.41) is 0. The molecule has 40 heavy (non-hydrogen) atoms. The topological polar surface area (TPSA) is 54.0 Å². The number of methoxy groups -OCH3 is 1. The average molecular weight is 556 g/mol. The van der Waals surface area contributed by atoms with Crippen molar-refractivity contribution in [2.24, 2.45) is 0 Å². The molecule has 0 aromatic heterocycles. The zero-order valence-electron chi connectivity index (χ0n) is 23.0. The van der Waals surface area contributed by atoms with Crippen LogP contribution < -0.4 is 9.05 Å². The van der Waals surface area contributed by atoms with E-state index >= 15 is 0 Å². The highest BCUT2D eigenvalue weighted by molar-refractivity contribution is 7.49. The van der Waals surface area contributed by atoms with E-state index in [9.17, 15) is 4.57 Å². The summed E-state index contributed by atoms with van der Waals surface area (Å²) in [6.07, 6.45) is 5.55. The van der Waals surface area contributed by atoms with Gasteiger partial charge in [0.25, 0.3) is 0 Å². The number of phosphoric acid groups is 1. The third-order valence-corrected chi connectivity index (χ3v) is 7.77. The molecule has 0 fully saturated rings. The second-order valence-corrected chi connectivity index (χ2v) is 10.8. The Morgan fingerprint density at radius 3 is 1.60 bits per heavy atom. The summed E-state index contributed by atoms with van der Waals surface area (Å²) in [4.78, 5) is 0. The van der Waals surface area contributed by atoms with E-state index in [1.165, 1.54) is 16.7 Å².